The largest absolute Gasteiger partial charge is 0.444 e. The molecule has 1 aromatic rings. The van der Waals surface area contributed by atoms with Gasteiger partial charge in [0.1, 0.15) is 0 Å². The van der Waals surface area contributed by atoms with E-state index in [2.05, 4.69) is 4.99 Å². The zero-order valence-corrected chi connectivity index (χ0v) is 9.87. The lowest BCUT2D eigenvalue weighted by molar-refractivity contribution is -0.0558. The topological polar surface area (TPSA) is 12.4 Å². The predicted octanol–water partition coefficient (Wildman–Crippen LogP) is 4.44. The average Bonchev–Trinajstić information content (AvgIpc) is 2.08. The van der Waals surface area contributed by atoms with Gasteiger partial charge in [-0.15, -0.1) is 0 Å². The van der Waals surface area contributed by atoms with Crippen LogP contribution in [0.25, 0.3) is 0 Å². The summed E-state index contributed by atoms with van der Waals surface area (Å²) in [5.74, 6) is 0. The van der Waals surface area contributed by atoms with Crippen LogP contribution in [-0.2, 0) is 0 Å². The molecule has 0 aromatic heterocycles. The highest BCUT2D eigenvalue weighted by Gasteiger charge is 2.34. The van der Waals surface area contributed by atoms with Gasteiger partial charge in [0.05, 0.1) is 5.69 Å². The first-order valence-electron chi connectivity index (χ1n) is 4.61. The summed E-state index contributed by atoms with van der Waals surface area (Å²) in [4.78, 5) is 3.43. The van der Waals surface area contributed by atoms with Gasteiger partial charge in [0.15, 0.2) is 0 Å². The van der Waals surface area contributed by atoms with Gasteiger partial charge in [-0.2, -0.15) is 13.2 Å². The van der Waals surface area contributed by atoms with Crippen LogP contribution >= 0.6 is 11.6 Å². The SMILES string of the molecule is Cc1cc(C)c(N=C(Cl)C(F)(F)F)c(C)c1. The molecule has 1 rings (SSSR count). The van der Waals surface area contributed by atoms with Crippen LogP contribution in [0.3, 0.4) is 0 Å². The molecule has 0 saturated heterocycles. The zero-order valence-electron chi connectivity index (χ0n) is 9.11. The Morgan fingerprint density at radius 1 is 1.12 bits per heavy atom. The number of benzene rings is 1. The van der Waals surface area contributed by atoms with Crippen molar-refractivity contribution in [3.8, 4) is 0 Å². The first kappa shape index (κ1) is 13.0. The van der Waals surface area contributed by atoms with E-state index in [0.717, 1.165) is 5.56 Å². The van der Waals surface area contributed by atoms with Crippen LogP contribution in [-0.4, -0.2) is 11.3 Å². The molecule has 0 unspecified atom stereocenters. The standard InChI is InChI=1S/C11H11ClF3N/c1-6-4-7(2)9(8(3)5-6)16-10(12)11(13,14)15/h4-5H,1-3H3. The van der Waals surface area contributed by atoms with Crippen molar-refractivity contribution in [2.45, 2.75) is 26.9 Å². The summed E-state index contributed by atoms with van der Waals surface area (Å²) in [6.07, 6.45) is -4.59. The van der Waals surface area contributed by atoms with Gasteiger partial charge in [-0.1, -0.05) is 29.3 Å². The number of hydrogen-bond donors (Lipinski definition) is 0. The number of aryl methyl sites for hydroxylation is 3. The molecular weight excluding hydrogens is 239 g/mol. The molecule has 5 heteroatoms. The third kappa shape index (κ3) is 2.98. The Morgan fingerprint density at radius 2 is 1.56 bits per heavy atom. The monoisotopic (exact) mass is 249 g/mol. The number of rotatable bonds is 1. The molecule has 0 atom stereocenters. The number of alkyl halides is 3. The summed E-state index contributed by atoms with van der Waals surface area (Å²) in [7, 11) is 0. The first-order chi connectivity index (χ1) is 7.21. The fourth-order valence-electron chi connectivity index (χ4n) is 1.51. The van der Waals surface area contributed by atoms with Crippen LogP contribution in [0.4, 0.5) is 18.9 Å². The normalized spacial score (nSPS) is 13.1. The fourth-order valence-corrected chi connectivity index (χ4v) is 1.59. The lowest BCUT2D eigenvalue weighted by Crippen LogP contribution is -2.16. The van der Waals surface area contributed by atoms with Crippen LogP contribution in [0.2, 0.25) is 0 Å². The van der Waals surface area contributed by atoms with Crippen LogP contribution in [0.15, 0.2) is 17.1 Å². The van der Waals surface area contributed by atoms with Crippen molar-refractivity contribution in [2.75, 3.05) is 0 Å². The van der Waals surface area contributed by atoms with Crippen molar-refractivity contribution in [3.63, 3.8) is 0 Å². The maximum atomic E-state index is 12.2. The summed E-state index contributed by atoms with van der Waals surface area (Å²) in [6, 6.07) is 3.54. The van der Waals surface area contributed by atoms with Crippen molar-refractivity contribution in [2.24, 2.45) is 4.99 Å². The second-order valence-corrected chi connectivity index (χ2v) is 4.01. The molecule has 0 bridgehead atoms. The van der Waals surface area contributed by atoms with Crippen LogP contribution in [0, 0.1) is 20.8 Å². The van der Waals surface area contributed by atoms with E-state index in [1.54, 1.807) is 26.0 Å². The highest BCUT2D eigenvalue weighted by Crippen LogP contribution is 2.29. The first-order valence-corrected chi connectivity index (χ1v) is 4.99. The highest BCUT2D eigenvalue weighted by molar-refractivity contribution is 6.67. The lowest BCUT2D eigenvalue weighted by atomic mass is 10.1. The Kier molecular flexibility index (Phi) is 3.63. The number of halogens is 4. The predicted molar refractivity (Wildman–Crippen MR) is 59.7 cm³/mol. The van der Waals surface area contributed by atoms with E-state index >= 15 is 0 Å². The van der Waals surface area contributed by atoms with E-state index in [9.17, 15) is 13.2 Å². The van der Waals surface area contributed by atoms with Crippen LogP contribution < -0.4 is 0 Å². The molecule has 1 nitrogen and oxygen atoms in total. The van der Waals surface area contributed by atoms with Gasteiger partial charge in [0.2, 0.25) is 5.17 Å². The van der Waals surface area contributed by atoms with Gasteiger partial charge in [-0.3, -0.25) is 0 Å². The van der Waals surface area contributed by atoms with E-state index in [1.807, 2.05) is 6.92 Å². The Hall–Kier alpha value is -1.03. The number of aliphatic imine (C=N–C) groups is 1. The Labute approximate surface area is 97.0 Å². The van der Waals surface area contributed by atoms with Gasteiger partial charge < -0.3 is 0 Å². The molecule has 0 amide bonds. The second kappa shape index (κ2) is 4.45. The van der Waals surface area contributed by atoms with Crippen molar-refractivity contribution in [1.82, 2.24) is 0 Å². The van der Waals surface area contributed by atoms with E-state index < -0.39 is 11.3 Å². The molecule has 0 fully saturated rings. The van der Waals surface area contributed by atoms with Crippen molar-refractivity contribution >= 4 is 22.5 Å². The quantitative estimate of drug-likeness (QED) is 0.653. The Balaban J connectivity index is 3.26. The van der Waals surface area contributed by atoms with E-state index in [4.69, 9.17) is 11.6 Å². The summed E-state index contributed by atoms with van der Waals surface area (Å²) >= 11 is 5.10. The van der Waals surface area contributed by atoms with Crippen molar-refractivity contribution < 1.29 is 13.2 Å². The Morgan fingerprint density at radius 3 is 1.94 bits per heavy atom. The van der Waals surface area contributed by atoms with Crippen LogP contribution in [0.1, 0.15) is 16.7 Å². The molecule has 0 N–H and O–H groups in total. The van der Waals surface area contributed by atoms with Crippen LogP contribution in [0.5, 0.6) is 0 Å². The van der Waals surface area contributed by atoms with Crippen molar-refractivity contribution in [1.29, 1.82) is 0 Å². The third-order valence-electron chi connectivity index (χ3n) is 2.08. The fraction of sp³-hybridized carbons (Fsp3) is 0.364. The summed E-state index contributed by atoms with van der Waals surface area (Å²) in [5, 5.41) is -1.34. The zero-order chi connectivity index (χ0) is 12.5. The van der Waals surface area contributed by atoms with Gasteiger partial charge >= 0.3 is 6.18 Å². The van der Waals surface area contributed by atoms with E-state index in [-0.39, 0.29) is 5.69 Å². The van der Waals surface area contributed by atoms with Crippen molar-refractivity contribution in [3.05, 3.63) is 28.8 Å². The third-order valence-corrected chi connectivity index (χ3v) is 2.38. The number of nitrogens with zero attached hydrogens (tertiary/aromatic N) is 1. The highest BCUT2D eigenvalue weighted by atomic mass is 35.5. The minimum absolute atomic E-state index is 0.285. The molecule has 0 spiro atoms. The molecule has 1 aromatic carbocycles. The van der Waals surface area contributed by atoms with Gasteiger partial charge in [0.25, 0.3) is 0 Å². The molecule has 0 heterocycles. The minimum atomic E-state index is -4.59. The van der Waals surface area contributed by atoms with E-state index in [0.29, 0.717) is 11.1 Å². The molecule has 88 valence electrons. The van der Waals surface area contributed by atoms with Gasteiger partial charge in [-0.05, 0) is 31.9 Å². The summed E-state index contributed by atoms with van der Waals surface area (Å²) in [5.41, 5.74) is 2.63. The molecular formula is C11H11ClF3N. The molecule has 16 heavy (non-hydrogen) atoms. The maximum Gasteiger partial charge on any atom is 0.444 e. The minimum Gasteiger partial charge on any atom is -0.232 e. The van der Waals surface area contributed by atoms with Gasteiger partial charge in [0, 0.05) is 0 Å². The summed E-state index contributed by atoms with van der Waals surface area (Å²) < 4.78 is 36.6. The van der Waals surface area contributed by atoms with Gasteiger partial charge in [-0.25, -0.2) is 4.99 Å². The second-order valence-electron chi connectivity index (χ2n) is 3.65. The molecule has 0 aliphatic heterocycles. The van der Waals surface area contributed by atoms with E-state index in [1.165, 1.54) is 0 Å². The molecule has 0 saturated carbocycles. The Bertz CT molecular complexity index is 412. The maximum absolute atomic E-state index is 12.2. The number of hydrogen-bond acceptors (Lipinski definition) is 1. The smallest absolute Gasteiger partial charge is 0.232 e. The molecule has 0 aliphatic carbocycles. The molecule has 0 radical (unpaired) electrons. The molecule has 0 aliphatic rings. The average molecular weight is 250 g/mol. The lowest BCUT2D eigenvalue weighted by Gasteiger charge is -2.08. The summed E-state index contributed by atoms with van der Waals surface area (Å²) in [6.45, 7) is 5.29.